The lowest BCUT2D eigenvalue weighted by Crippen LogP contribution is -2.55. The monoisotopic (exact) mass is 318 g/mol. The Morgan fingerprint density at radius 2 is 1.57 bits per heavy atom. The molecule has 1 unspecified atom stereocenters. The third kappa shape index (κ3) is 2.94. The van der Waals surface area contributed by atoms with E-state index in [4.69, 9.17) is 0 Å². The molecule has 1 aliphatic heterocycles. The second-order valence-electron chi connectivity index (χ2n) is 9.46. The predicted octanol–water partition coefficient (Wildman–Crippen LogP) is 3.44. The van der Waals surface area contributed by atoms with Crippen LogP contribution in [-0.4, -0.2) is 36.5 Å². The molecule has 4 aliphatic carbocycles. The van der Waals surface area contributed by atoms with E-state index >= 15 is 0 Å². The van der Waals surface area contributed by atoms with E-state index in [1.54, 1.807) is 0 Å². The van der Waals surface area contributed by atoms with Gasteiger partial charge in [-0.15, -0.1) is 0 Å². The van der Waals surface area contributed by atoms with Gasteiger partial charge in [0.05, 0.1) is 0 Å². The second-order valence-corrected chi connectivity index (χ2v) is 9.46. The minimum atomic E-state index is 0.0152. The first-order valence-corrected chi connectivity index (χ1v) is 10.1. The zero-order valence-corrected chi connectivity index (χ0v) is 15.0. The zero-order chi connectivity index (χ0) is 16.0. The smallest absolute Gasteiger partial charge is 0.226 e. The highest BCUT2D eigenvalue weighted by atomic mass is 16.2. The third-order valence-corrected chi connectivity index (χ3v) is 7.37. The number of hydrogen-bond acceptors (Lipinski definition) is 2. The molecule has 1 heterocycles. The molecule has 1 N–H and O–H groups in total. The van der Waals surface area contributed by atoms with Crippen LogP contribution in [-0.2, 0) is 4.79 Å². The number of amides is 1. The molecule has 5 aliphatic rings. The maximum Gasteiger partial charge on any atom is 0.226 e. The minimum Gasteiger partial charge on any atom is -0.354 e. The van der Waals surface area contributed by atoms with Gasteiger partial charge in [0, 0.05) is 18.0 Å². The van der Waals surface area contributed by atoms with Gasteiger partial charge >= 0.3 is 0 Å². The van der Waals surface area contributed by atoms with Crippen molar-refractivity contribution in [3.8, 4) is 0 Å². The number of nitrogens with zero attached hydrogens (tertiary/aromatic N) is 1. The molecule has 3 nitrogen and oxygen atoms in total. The summed E-state index contributed by atoms with van der Waals surface area (Å²) in [5.74, 6) is 3.58. The Hall–Kier alpha value is -0.570. The Morgan fingerprint density at radius 3 is 2.04 bits per heavy atom. The second kappa shape index (κ2) is 6.06. The molecule has 5 rings (SSSR count). The van der Waals surface area contributed by atoms with Crippen molar-refractivity contribution in [2.24, 2.45) is 29.1 Å². The lowest BCUT2D eigenvalue weighted by atomic mass is 9.49. The van der Waals surface area contributed by atoms with Crippen LogP contribution in [0.1, 0.15) is 65.2 Å². The molecule has 1 amide bonds. The summed E-state index contributed by atoms with van der Waals surface area (Å²) in [4.78, 5) is 15.7. The summed E-state index contributed by atoms with van der Waals surface area (Å²) in [6, 6.07) is 0.523. The van der Waals surface area contributed by atoms with Crippen LogP contribution < -0.4 is 5.32 Å². The van der Waals surface area contributed by atoms with Crippen LogP contribution in [0.2, 0.25) is 0 Å². The Morgan fingerprint density at radius 1 is 1.04 bits per heavy atom. The lowest BCUT2D eigenvalue weighted by Gasteiger charge is -2.55. The van der Waals surface area contributed by atoms with Crippen molar-refractivity contribution in [3.05, 3.63) is 0 Å². The molecule has 0 aromatic heterocycles. The molecule has 0 aromatic carbocycles. The number of carbonyl (C=O) groups is 1. The van der Waals surface area contributed by atoms with Crippen LogP contribution in [0, 0.1) is 29.1 Å². The Kier molecular flexibility index (Phi) is 4.19. The van der Waals surface area contributed by atoms with Crippen molar-refractivity contribution in [1.82, 2.24) is 10.2 Å². The topological polar surface area (TPSA) is 32.3 Å². The Labute approximate surface area is 141 Å². The third-order valence-electron chi connectivity index (χ3n) is 7.37. The first-order chi connectivity index (χ1) is 11.1. The number of likely N-dealkylation sites (tertiary alicyclic amines) is 1. The van der Waals surface area contributed by atoms with Crippen LogP contribution in [0.15, 0.2) is 0 Å². The standard InChI is InChI=1S/C20H34N2O/c1-14(2)18(22-5-3-4-6-22)13-21-19(23)20-10-15-7-16(11-20)9-17(8-15)12-20/h14-18H,3-13H2,1-2H3,(H,21,23). The fraction of sp³-hybridized carbons (Fsp3) is 0.950. The van der Waals surface area contributed by atoms with E-state index in [1.807, 2.05) is 0 Å². The van der Waals surface area contributed by atoms with Gasteiger partial charge in [0.15, 0.2) is 0 Å². The molecule has 3 heteroatoms. The van der Waals surface area contributed by atoms with E-state index in [0.717, 1.165) is 24.3 Å². The summed E-state index contributed by atoms with van der Waals surface area (Å²) < 4.78 is 0. The normalized spacial score (nSPS) is 40.7. The molecule has 1 saturated heterocycles. The van der Waals surface area contributed by atoms with Crippen molar-refractivity contribution in [1.29, 1.82) is 0 Å². The summed E-state index contributed by atoms with van der Waals surface area (Å²) in [5.41, 5.74) is 0.0152. The minimum absolute atomic E-state index is 0.0152. The van der Waals surface area contributed by atoms with E-state index in [2.05, 4.69) is 24.1 Å². The molecule has 0 spiro atoms. The molecule has 0 aromatic rings. The maximum atomic E-state index is 13.1. The van der Waals surface area contributed by atoms with Gasteiger partial charge < -0.3 is 5.32 Å². The summed E-state index contributed by atoms with van der Waals surface area (Å²) in [6.07, 6.45) is 10.4. The van der Waals surface area contributed by atoms with Crippen LogP contribution >= 0.6 is 0 Å². The highest BCUT2D eigenvalue weighted by molar-refractivity contribution is 5.83. The molecule has 1 atom stereocenters. The highest BCUT2D eigenvalue weighted by Gasteiger charge is 2.54. The van der Waals surface area contributed by atoms with Crippen molar-refractivity contribution in [3.63, 3.8) is 0 Å². The molecule has 0 radical (unpaired) electrons. The number of nitrogens with one attached hydrogen (secondary N) is 1. The summed E-state index contributed by atoms with van der Waals surface area (Å²) in [7, 11) is 0. The van der Waals surface area contributed by atoms with Crippen LogP contribution in [0.25, 0.3) is 0 Å². The van der Waals surface area contributed by atoms with E-state index in [-0.39, 0.29) is 5.41 Å². The first kappa shape index (κ1) is 15.9. The predicted molar refractivity (Wildman–Crippen MR) is 93.0 cm³/mol. The van der Waals surface area contributed by atoms with E-state index in [1.165, 1.54) is 64.5 Å². The van der Waals surface area contributed by atoms with Gasteiger partial charge in [-0.1, -0.05) is 13.8 Å². The van der Waals surface area contributed by atoms with Crippen LogP contribution in [0.5, 0.6) is 0 Å². The molecule has 23 heavy (non-hydrogen) atoms. The van der Waals surface area contributed by atoms with Crippen molar-refractivity contribution >= 4 is 5.91 Å². The fourth-order valence-electron chi connectivity index (χ4n) is 6.63. The fourth-order valence-corrected chi connectivity index (χ4v) is 6.63. The Balaban J connectivity index is 1.39. The molecule has 5 fully saturated rings. The average molecular weight is 319 g/mol. The quantitative estimate of drug-likeness (QED) is 0.842. The SMILES string of the molecule is CC(C)C(CNC(=O)C12CC3CC(CC(C3)C1)C2)N1CCCC1. The molecular formula is C20H34N2O. The van der Waals surface area contributed by atoms with Crippen LogP contribution in [0.3, 0.4) is 0 Å². The summed E-state index contributed by atoms with van der Waals surface area (Å²) >= 11 is 0. The first-order valence-electron chi connectivity index (χ1n) is 10.1. The molecule has 4 bridgehead atoms. The van der Waals surface area contributed by atoms with Gasteiger partial charge in [0.1, 0.15) is 0 Å². The molecule has 4 saturated carbocycles. The average Bonchev–Trinajstić information content (AvgIpc) is 2.99. The van der Waals surface area contributed by atoms with Gasteiger partial charge in [-0.05, 0) is 88.1 Å². The van der Waals surface area contributed by atoms with Crippen LogP contribution in [0.4, 0.5) is 0 Å². The number of carbonyl (C=O) groups excluding carboxylic acids is 1. The maximum absolute atomic E-state index is 13.1. The van der Waals surface area contributed by atoms with Gasteiger partial charge in [-0.25, -0.2) is 0 Å². The Bertz CT molecular complexity index is 417. The lowest BCUT2D eigenvalue weighted by molar-refractivity contribution is -0.146. The highest BCUT2D eigenvalue weighted by Crippen LogP contribution is 2.60. The van der Waals surface area contributed by atoms with E-state index < -0.39 is 0 Å². The van der Waals surface area contributed by atoms with E-state index in [0.29, 0.717) is 17.9 Å². The van der Waals surface area contributed by atoms with E-state index in [9.17, 15) is 4.79 Å². The van der Waals surface area contributed by atoms with Gasteiger partial charge in [-0.2, -0.15) is 0 Å². The van der Waals surface area contributed by atoms with Crippen molar-refractivity contribution < 1.29 is 4.79 Å². The van der Waals surface area contributed by atoms with Crippen molar-refractivity contribution in [2.45, 2.75) is 71.3 Å². The van der Waals surface area contributed by atoms with Crippen molar-refractivity contribution in [2.75, 3.05) is 19.6 Å². The van der Waals surface area contributed by atoms with Gasteiger partial charge in [0.2, 0.25) is 5.91 Å². The molecule has 130 valence electrons. The van der Waals surface area contributed by atoms with Gasteiger partial charge in [0.25, 0.3) is 0 Å². The molecular weight excluding hydrogens is 284 g/mol. The number of rotatable bonds is 5. The summed E-state index contributed by atoms with van der Waals surface area (Å²) in [6.45, 7) is 7.91. The zero-order valence-electron chi connectivity index (χ0n) is 15.0. The van der Waals surface area contributed by atoms with Gasteiger partial charge in [-0.3, -0.25) is 9.69 Å². The summed E-state index contributed by atoms with van der Waals surface area (Å²) in [5, 5.41) is 3.42. The largest absolute Gasteiger partial charge is 0.354 e. The number of hydrogen-bond donors (Lipinski definition) is 1.